The molecule has 0 fully saturated rings. The molecule has 2 aromatic heterocycles. The molecular formula is C15H18O3S2. The molecule has 0 aliphatic carbocycles. The molecular weight excluding hydrogens is 292 g/mol. The number of rotatable bonds is 7. The highest BCUT2D eigenvalue weighted by molar-refractivity contribution is 7.14. The van der Waals surface area contributed by atoms with Crippen LogP contribution in [0.15, 0.2) is 18.2 Å². The lowest BCUT2D eigenvalue weighted by Crippen LogP contribution is -1.98. The summed E-state index contributed by atoms with van der Waals surface area (Å²) in [5.41, 5.74) is 0. The van der Waals surface area contributed by atoms with Gasteiger partial charge in [-0.1, -0.05) is 20.3 Å². The number of hydrogen-bond donors (Lipinski definition) is 1. The minimum atomic E-state index is -0.909. The Labute approximate surface area is 126 Å². The molecule has 0 radical (unpaired) electrons. The molecule has 0 bridgehead atoms. The molecule has 2 heterocycles. The van der Waals surface area contributed by atoms with E-state index in [4.69, 9.17) is 4.74 Å². The van der Waals surface area contributed by atoms with Gasteiger partial charge in [0.15, 0.2) is 4.88 Å². The highest BCUT2D eigenvalue weighted by Crippen LogP contribution is 2.31. The maximum absolute atomic E-state index is 11.2. The molecule has 0 saturated carbocycles. The molecule has 20 heavy (non-hydrogen) atoms. The fraction of sp³-hybridized carbons (Fsp3) is 0.400. The lowest BCUT2D eigenvalue weighted by molar-refractivity contribution is 0.0697. The van der Waals surface area contributed by atoms with Crippen LogP contribution in [0.3, 0.4) is 0 Å². The van der Waals surface area contributed by atoms with Crippen molar-refractivity contribution in [3.63, 3.8) is 0 Å². The van der Waals surface area contributed by atoms with Gasteiger partial charge in [-0.15, -0.1) is 22.7 Å². The van der Waals surface area contributed by atoms with Crippen molar-refractivity contribution in [2.24, 2.45) is 0 Å². The summed E-state index contributed by atoms with van der Waals surface area (Å²) in [6.45, 7) is 4.64. The van der Waals surface area contributed by atoms with E-state index in [9.17, 15) is 9.90 Å². The number of aryl methyl sites for hydroxylation is 2. The molecule has 0 spiro atoms. The first-order valence-corrected chi connectivity index (χ1v) is 8.33. The molecule has 0 atom stereocenters. The number of carboxylic acid groups (broad SMARTS) is 1. The maximum atomic E-state index is 11.2. The van der Waals surface area contributed by atoms with Crippen LogP contribution in [0.25, 0.3) is 0 Å². The molecule has 0 aliphatic heterocycles. The van der Waals surface area contributed by atoms with Crippen LogP contribution in [0.4, 0.5) is 0 Å². The van der Waals surface area contributed by atoms with E-state index in [0.717, 1.165) is 29.0 Å². The molecule has 108 valence electrons. The zero-order valence-electron chi connectivity index (χ0n) is 11.6. The lowest BCUT2D eigenvalue weighted by Gasteiger charge is -2.03. The topological polar surface area (TPSA) is 46.5 Å². The van der Waals surface area contributed by atoms with E-state index in [2.05, 4.69) is 19.9 Å². The minimum absolute atomic E-state index is 0.306. The molecule has 0 amide bonds. The number of carboxylic acids is 1. The van der Waals surface area contributed by atoms with Gasteiger partial charge in [0.05, 0.1) is 0 Å². The molecule has 0 aromatic carbocycles. The summed E-state index contributed by atoms with van der Waals surface area (Å²) >= 11 is 3.03. The van der Waals surface area contributed by atoms with Crippen molar-refractivity contribution >= 4 is 28.6 Å². The van der Waals surface area contributed by atoms with Crippen LogP contribution in [-0.2, 0) is 19.4 Å². The molecule has 1 N–H and O–H groups in total. The van der Waals surface area contributed by atoms with Gasteiger partial charge in [0.1, 0.15) is 12.4 Å². The Morgan fingerprint density at radius 3 is 2.55 bits per heavy atom. The first kappa shape index (κ1) is 15.1. The number of hydrogen-bond acceptors (Lipinski definition) is 4. The second kappa shape index (κ2) is 6.90. The van der Waals surface area contributed by atoms with E-state index < -0.39 is 5.97 Å². The largest absolute Gasteiger partial charge is 0.486 e. The van der Waals surface area contributed by atoms with Gasteiger partial charge in [0.2, 0.25) is 0 Å². The summed E-state index contributed by atoms with van der Waals surface area (Å²) in [6, 6.07) is 6.01. The van der Waals surface area contributed by atoms with Crippen molar-refractivity contribution in [3.8, 4) is 5.75 Å². The second-order valence-electron chi connectivity index (χ2n) is 4.47. The Kier molecular flexibility index (Phi) is 5.20. The van der Waals surface area contributed by atoms with Gasteiger partial charge in [0.25, 0.3) is 0 Å². The Balaban J connectivity index is 2.09. The predicted molar refractivity (Wildman–Crippen MR) is 83.3 cm³/mol. The van der Waals surface area contributed by atoms with E-state index >= 15 is 0 Å². The second-order valence-corrected chi connectivity index (χ2v) is 6.86. The van der Waals surface area contributed by atoms with Crippen LogP contribution in [0, 0.1) is 0 Å². The van der Waals surface area contributed by atoms with E-state index in [1.54, 1.807) is 11.3 Å². The SMILES string of the molecule is CCCc1cc(OCc2ccc(CC)s2)c(C(=O)O)s1. The highest BCUT2D eigenvalue weighted by Gasteiger charge is 2.16. The van der Waals surface area contributed by atoms with Gasteiger partial charge in [-0.2, -0.15) is 0 Å². The molecule has 2 rings (SSSR count). The molecule has 0 aliphatic rings. The van der Waals surface area contributed by atoms with Gasteiger partial charge < -0.3 is 9.84 Å². The van der Waals surface area contributed by atoms with E-state index in [1.807, 2.05) is 12.1 Å². The Morgan fingerprint density at radius 2 is 1.95 bits per heavy atom. The Bertz CT molecular complexity index is 584. The van der Waals surface area contributed by atoms with Gasteiger partial charge in [-0.25, -0.2) is 4.79 Å². The molecule has 0 unspecified atom stereocenters. The first-order chi connectivity index (χ1) is 9.63. The van der Waals surface area contributed by atoms with Crippen LogP contribution < -0.4 is 4.74 Å². The van der Waals surface area contributed by atoms with Gasteiger partial charge in [-0.3, -0.25) is 0 Å². The predicted octanol–water partition coefficient (Wildman–Crippen LogP) is 4.60. The third-order valence-corrected chi connectivity index (χ3v) is 5.24. The van der Waals surface area contributed by atoms with Crippen LogP contribution in [0.5, 0.6) is 5.75 Å². The third kappa shape index (κ3) is 3.61. The zero-order chi connectivity index (χ0) is 14.5. The number of aromatic carboxylic acids is 1. The number of thiophene rings is 2. The summed E-state index contributed by atoms with van der Waals surface area (Å²) in [5, 5.41) is 9.22. The first-order valence-electron chi connectivity index (χ1n) is 6.70. The zero-order valence-corrected chi connectivity index (χ0v) is 13.3. The average molecular weight is 310 g/mol. The minimum Gasteiger partial charge on any atom is -0.486 e. The number of ether oxygens (including phenoxy) is 1. The monoisotopic (exact) mass is 310 g/mol. The summed E-state index contributed by atoms with van der Waals surface area (Å²) in [4.78, 5) is 15.1. The normalized spacial score (nSPS) is 10.7. The summed E-state index contributed by atoms with van der Waals surface area (Å²) < 4.78 is 5.71. The van der Waals surface area contributed by atoms with Crippen molar-refractivity contribution in [2.45, 2.75) is 39.7 Å². The van der Waals surface area contributed by atoms with E-state index in [-0.39, 0.29) is 0 Å². The van der Waals surface area contributed by atoms with Crippen molar-refractivity contribution < 1.29 is 14.6 Å². The maximum Gasteiger partial charge on any atom is 0.349 e. The molecule has 3 nitrogen and oxygen atoms in total. The highest BCUT2D eigenvalue weighted by atomic mass is 32.1. The fourth-order valence-electron chi connectivity index (χ4n) is 1.89. The van der Waals surface area contributed by atoms with Crippen LogP contribution >= 0.6 is 22.7 Å². The van der Waals surface area contributed by atoms with Crippen molar-refractivity contribution in [2.75, 3.05) is 0 Å². The van der Waals surface area contributed by atoms with Crippen LogP contribution in [0.2, 0.25) is 0 Å². The Hall–Kier alpha value is -1.33. The van der Waals surface area contributed by atoms with Gasteiger partial charge in [0, 0.05) is 14.6 Å². The third-order valence-electron chi connectivity index (χ3n) is 2.88. The molecule has 2 aromatic rings. The standard InChI is InChI=1S/C15H18O3S2/c1-3-5-11-8-13(14(20-11)15(16)17)18-9-12-7-6-10(4-2)19-12/h6-8H,3-5,9H2,1-2H3,(H,16,17). The van der Waals surface area contributed by atoms with Crippen LogP contribution in [0.1, 0.15) is 44.6 Å². The average Bonchev–Trinajstić information content (AvgIpc) is 3.03. The summed E-state index contributed by atoms with van der Waals surface area (Å²) in [6.07, 6.45) is 2.92. The summed E-state index contributed by atoms with van der Waals surface area (Å²) in [5.74, 6) is -0.412. The van der Waals surface area contributed by atoms with E-state index in [0.29, 0.717) is 17.2 Å². The quantitative estimate of drug-likeness (QED) is 0.813. The number of carbonyl (C=O) groups is 1. The van der Waals surface area contributed by atoms with Crippen molar-refractivity contribution in [1.29, 1.82) is 0 Å². The lowest BCUT2D eigenvalue weighted by atomic mass is 10.3. The van der Waals surface area contributed by atoms with Crippen molar-refractivity contribution in [1.82, 2.24) is 0 Å². The summed E-state index contributed by atoms with van der Waals surface area (Å²) in [7, 11) is 0. The van der Waals surface area contributed by atoms with Gasteiger partial charge >= 0.3 is 5.97 Å². The van der Waals surface area contributed by atoms with E-state index in [1.165, 1.54) is 16.2 Å². The molecule has 0 saturated heterocycles. The fourth-order valence-corrected chi connectivity index (χ4v) is 3.80. The van der Waals surface area contributed by atoms with Crippen molar-refractivity contribution in [3.05, 3.63) is 37.7 Å². The van der Waals surface area contributed by atoms with Gasteiger partial charge in [-0.05, 0) is 31.0 Å². The smallest absolute Gasteiger partial charge is 0.349 e. The van der Waals surface area contributed by atoms with Crippen LogP contribution in [-0.4, -0.2) is 11.1 Å². The Morgan fingerprint density at radius 1 is 1.20 bits per heavy atom. The molecule has 5 heteroatoms.